The zero-order valence-corrected chi connectivity index (χ0v) is 17.5. The fourth-order valence-corrected chi connectivity index (χ4v) is 4.79. The first-order chi connectivity index (χ1) is 14.9. The number of pyridine rings is 1. The van der Waals surface area contributed by atoms with Crippen LogP contribution in [0.4, 0.5) is 13.2 Å². The highest BCUT2D eigenvalue weighted by molar-refractivity contribution is 6.35. The van der Waals surface area contributed by atoms with Crippen LogP contribution in [0.15, 0.2) is 54.7 Å². The molecule has 1 N–H and O–H groups in total. The third-order valence-electron chi connectivity index (χ3n) is 6.06. The number of aromatic nitrogens is 2. The van der Waals surface area contributed by atoms with Crippen LogP contribution in [0.3, 0.4) is 0 Å². The Morgan fingerprint density at radius 2 is 1.81 bits per heavy atom. The summed E-state index contributed by atoms with van der Waals surface area (Å²) in [7, 11) is 0. The number of halogens is 4. The number of rotatable bonds is 3. The van der Waals surface area contributed by atoms with E-state index in [4.69, 9.17) is 11.6 Å². The number of nitrogens with zero attached hydrogens (tertiary/aromatic N) is 2. The highest BCUT2D eigenvalue weighted by Crippen LogP contribution is 2.35. The second-order valence-corrected chi connectivity index (χ2v) is 8.50. The minimum absolute atomic E-state index is 0.0620. The zero-order valence-electron chi connectivity index (χ0n) is 16.7. The predicted octanol–water partition coefficient (Wildman–Crippen LogP) is 6.38. The molecular weight excluding hydrogens is 423 g/mol. The van der Waals surface area contributed by atoms with Crippen LogP contribution < -0.4 is 5.32 Å². The van der Waals surface area contributed by atoms with Crippen molar-refractivity contribution in [3.8, 4) is 0 Å². The summed E-state index contributed by atoms with van der Waals surface area (Å²) in [4.78, 5) is 3.75. The first-order valence-electron chi connectivity index (χ1n) is 10.3. The Hall–Kier alpha value is -2.57. The second kappa shape index (κ2) is 7.84. The van der Waals surface area contributed by atoms with Crippen molar-refractivity contribution in [1.82, 2.24) is 14.9 Å². The van der Waals surface area contributed by atoms with Gasteiger partial charge in [0.25, 0.3) is 0 Å². The molecule has 31 heavy (non-hydrogen) atoms. The third kappa shape index (κ3) is 3.90. The minimum atomic E-state index is -4.52. The van der Waals surface area contributed by atoms with Gasteiger partial charge in [-0.15, -0.1) is 0 Å². The highest BCUT2D eigenvalue weighted by Gasteiger charge is 2.33. The molecule has 1 fully saturated rings. The monoisotopic (exact) mass is 443 g/mol. The molecule has 4 aromatic rings. The Balaban J connectivity index is 1.53. The lowest BCUT2D eigenvalue weighted by atomic mass is 9.90. The first-order valence-corrected chi connectivity index (χ1v) is 10.7. The van der Waals surface area contributed by atoms with E-state index >= 15 is 0 Å². The maximum absolute atomic E-state index is 13.0. The SMILES string of the molecule is FC(F)(F)c1cc(Cl)c2cc(Cn3cc(C4CCNCC4)c4ccccc43)ccc2n1. The van der Waals surface area contributed by atoms with E-state index in [1.165, 1.54) is 10.9 Å². The van der Waals surface area contributed by atoms with Gasteiger partial charge in [-0.25, -0.2) is 4.98 Å². The van der Waals surface area contributed by atoms with Gasteiger partial charge in [-0.1, -0.05) is 35.9 Å². The molecule has 0 atom stereocenters. The van der Waals surface area contributed by atoms with Crippen molar-refractivity contribution >= 4 is 33.4 Å². The topological polar surface area (TPSA) is 29.9 Å². The van der Waals surface area contributed by atoms with E-state index in [-0.39, 0.29) is 10.5 Å². The molecule has 1 aliphatic rings. The molecule has 5 rings (SSSR count). The summed E-state index contributed by atoms with van der Waals surface area (Å²) in [6, 6.07) is 14.6. The van der Waals surface area contributed by atoms with Gasteiger partial charge in [0, 0.05) is 29.0 Å². The molecule has 0 radical (unpaired) electrons. The largest absolute Gasteiger partial charge is 0.433 e. The number of alkyl halides is 3. The molecule has 0 amide bonds. The molecule has 0 spiro atoms. The summed E-state index contributed by atoms with van der Waals surface area (Å²) >= 11 is 6.19. The van der Waals surface area contributed by atoms with Crippen LogP contribution in [-0.2, 0) is 12.7 Å². The highest BCUT2D eigenvalue weighted by atomic mass is 35.5. The lowest BCUT2D eigenvalue weighted by Gasteiger charge is -2.22. The molecule has 0 unspecified atom stereocenters. The summed E-state index contributed by atoms with van der Waals surface area (Å²) in [6.07, 6.45) is -0.0529. The predicted molar refractivity (Wildman–Crippen MR) is 118 cm³/mol. The van der Waals surface area contributed by atoms with E-state index in [0.29, 0.717) is 17.8 Å². The second-order valence-electron chi connectivity index (χ2n) is 8.09. The Kier molecular flexibility index (Phi) is 5.15. The van der Waals surface area contributed by atoms with Crippen LogP contribution in [0.5, 0.6) is 0 Å². The van der Waals surface area contributed by atoms with Gasteiger partial charge in [0.1, 0.15) is 5.69 Å². The smallest absolute Gasteiger partial charge is 0.343 e. The van der Waals surface area contributed by atoms with Crippen LogP contribution in [0.25, 0.3) is 21.8 Å². The number of hydrogen-bond donors (Lipinski definition) is 1. The molecule has 2 aromatic heterocycles. The number of piperidine rings is 1. The van der Waals surface area contributed by atoms with Crippen LogP contribution in [0, 0.1) is 0 Å². The van der Waals surface area contributed by atoms with Crippen LogP contribution >= 0.6 is 11.6 Å². The van der Waals surface area contributed by atoms with Crippen molar-refractivity contribution in [3.63, 3.8) is 0 Å². The summed E-state index contributed by atoms with van der Waals surface area (Å²) in [6.45, 7) is 2.67. The van der Waals surface area contributed by atoms with E-state index in [1.54, 1.807) is 6.07 Å². The van der Waals surface area contributed by atoms with Crippen molar-refractivity contribution in [3.05, 3.63) is 76.6 Å². The van der Waals surface area contributed by atoms with E-state index in [2.05, 4.69) is 39.3 Å². The standard InChI is InChI=1S/C24H21ClF3N3/c25-20-12-23(24(26,27)28)30-21-6-5-15(11-18(20)21)13-31-14-19(16-7-9-29-10-8-16)17-3-1-2-4-22(17)31/h1-6,11-12,14,16,29H,7-10,13H2. The number of nitrogens with one attached hydrogen (secondary N) is 1. The first kappa shape index (κ1) is 20.3. The Bertz CT molecular complexity index is 1260. The van der Waals surface area contributed by atoms with E-state index in [9.17, 15) is 13.2 Å². The molecule has 0 saturated carbocycles. The zero-order chi connectivity index (χ0) is 21.6. The van der Waals surface area contributed by atoms with Crippen molar-refractivity contribution < 1.29 is 13.2 Å². The van der Waals surface area contributed by atoms with Crippen molar-refractivity contribution in [2.24, 2.45) is 0 Å². The van der Waals surface area contributed by atoms with Gasteiger partial charge in [0.05, 0.1) is 10.5 Å². The number of benzene rings is 2. The van der Waals surface area contributed by atoms with E-state index < -0.39 is 11.9 Å². The lowest BCUT2D eigenvalue weighted by Crippen LogP contribution is -2.26. The van der Waals surface area contributed by atoms with Gasteiger partial charge in [-0.3, -0.25) is 0 Å². The van der Waals surface area contributed by atoms with Crippen LogP contribution in [0.2, 0.25) is 5.02 Å². The molecule has 160 valence electrons. The maximum Gasteiger partial charge on any atom is 0.433 e. The fraction of sp³-hybridized carbons (Fsp3) is 0.292. The molecule has 2 aromatic carbocycles. The summed E-state index contributed by atoms with van der Waals surface area (Å²) in [5.74, 6) is 0.531. The molecule has 1 saturated heterocycles. The maximum atomic E-state index is 13.0. The minimum Gasteiger partial charge on any atom is -0.343 e. The van der Waals surface area contributed by atoms with Gasteiger partial charge >= 0.3 is 6.18 Å². The summed E-state index contributed by atoms with van der Waals surface area (Å²) < 4.78 is 41.3. The lowest BCUT2D eigenvalue weighted by molar-refractivity contribution is -0.140. The molecular formula is C24H21ClF3N3. The Morgan fingerprint density at radius 3 is 2.58 bits per heavy atom. The molecule has 1 aliphatic heterocycles. The van der Waals surface area contributed by atoms with Gasteiger partial charge in [0.2, 0.25) is 0 Å². The molecule has 3 heterocycles. The van der Waals surface area contributed by atoms with Crippen LogP contribution in [0.1, 0.15) is 35.6 Å². The van der Waals surface area contributed by atoms with Gasteiger partial charge in [-0.05, 0) is 67.2 Å². The number of fused-ring (bicyclic) bond motifs is 2. The van der Waals surface area contributed by atoms with Gasteiger partial charge < -0.3 is 9.88 Å². The van der Waals surface area contributed by atoms with Gasteiger partial charge in [-0.2, -0.15) is 13.2 Å². The van der Waals surface area contributed by atoms with Crippen molar-refractivity contribution in [2.75, 3.05) is 13.1 Å². The molecule has 7 heteroatoms. The normalized spacial score (nSPS) is 15.7. The Morgan fingerprint density at radius 1 is 1.03 bits per heavy atom. The van der Waals surface area contributed by atoms with Crippen molar-refractivity contribution in [1.29, 1.82) is 0 Å². The Labute approximate surface area is 182 Å². The summed E-state index contributed by atoms with van der Waals surface area (Å²) in [5, 5.41) is 5.28. The average Bonchev–Trinajstić information content (AvgIpc) is 3.12. The van der Waals surface area contributed by atoms with Crippen molar-refractivity contribution in [2.45, 2.75) is 31.5 Å². The number of para-hydroxylation sites is 1. The number of hydrogen-bond acceptors (Lipinski definition) is 2. The quantitative estimate of drug-likeness (QED) is 0.398. The van der Waals surface area contributed by atoms with Gasteiger partial charge in [0.15, 0.2) is 0 Å². The van der Waals surface area contributed by atoms with E-state index in [1.807, 2.05) is 18.2 Å². The fourth-order valence-electron chi connectivity index (χ4n) is 4.54. The summed E-state index contributed by atoms with van der Waals surface area (Å²) in [5.41, 5.74) is 2.77. The molecule has 0 bridgehead atoms. The molecule has 3 nitrogen and oxygen atoms in total. The van der Waals surface area contributed by atoms with Crippen LogP contribution in [-0.4, -0.2) is 22.6 Å². The molecule has 0 aliphatic carbocycles. The third-order valence-corrected chi connectivity index (χ3v) is 6.38. The average molecular weight is 444 g/mol. The van der Waals surface area contributed by atoms with E-state index in [0.717, 1.165) is 43.1 Å².